The topological polar surface area (TPSA) is 127 Å². The predicted octanol–water partition coefficient (Wildman–Crippen LogP) is 10.3. The van der Waals surface area contributed by atoms with E-state index in [2.05, 4.69) is 20.8 Å². The molecule has 4 unspecified atom stereocenters. The molecule has 0 aromatic rings. The van der Waals surface area contributed by atoms with Crippen LogP contribution in [0.15, 0.2) is 0 Å². The maximum Gasteiger partial charge on any atom is 0.220 e. The van der Waals surface area contributed by atoms with Crippen molar-refractivity contribution in [1.82, 2.24) is 0 Å². The third kappa shape index (κ3) is 25.9. The average Bonchev–Trinajstić information content (AvgIpc) is 3.02. The highest BCUT2D eigenvalue weighted by atomic mass is 16.3. The van der Waals surface area contributed by atoms with Crippen LogP contribution in [0.2, 0.25) is 0 Å². The second-order valence-corrected chi connectivity index (χ2v) is 14.6. The van der Waals surface area contributed by atoms with Crippen molar-refractivity contribution in [2.24, 2.45) is 29.2 Å². The van der Waals surface area contributed by atoms with E-state index in [9.17, 15) is 19.8 Å². The van der Waals surface area contributed by atoms with Gasteiger partial charge in [-0.25, -0.2) is 0 Å². The van der Waals surface area contributed by atoms with Crippen LogP contribution in [0.5, 0.6) is 0 Å². The Hall–Kier alpha value is -1.14. The van der Waals surface area contributed by atoms with Crippen molar-refractivity contribution >= 4 is 11.8 Å². The van der Waals surface area contributed by atoms with E-state index in [1.807, 2.05) is 0 Å². The standard InChI is InChI=1S/C40H80N2O4/c1-4-7-9-21-28-34(43)30-23-17-13-11-15-19-25-32-37(39(41)45)36(27-6-3)38(40(42)46)33-26-20-16-12-14-18-24-31-35(44)29-22-10-8-5-2/h34-38,43-44H,4-33H2,1-3H3,(H2,41,45)(H2,42,46). The Morgan fingerprint density at radius 1 is 0.391 bits per heavy atom. The number of hydrogen-bond donors (Lipinski definition) is 4. The van der Waals surface area contributed by atoms with E-state index in [0.29, 0.717) is 0 Å². The minimum absolute atomic E-state index is 0.0539. The van der Waals surface area contributed by atoms with Gasteiger partial charge in [0, 0.05) is 11.8 Å². The summed E-state index contributed by atoms with van der Waals surface area (Å²) in [5.74, 6) is -1.16. The van der Waals surface area contributed by atoms with Gasteiger partial charge in [-0.15, -0.1) is 0 Å². The molecule has 6 N–H and O–H groups in total. The summed E-state index contributed by atoms with van der Waals surface area (Å²) in [6.45, 7) is 6.54. The zero-order valence-electron chi connectivity index (χ0n) is 31.0. The summed E-state index contributed by atoms with van der Waals surface area (Å²) < 4.78 is 0. The molecule has 6 heteroatoms. The van der Waals surface area contributed by atoms with Crippen LogP contribution in [-0.4, -0.2) is 34.2 Å². The van der Waals surface area contributed by atoms with Gasteiger partial charge in [0.15, 0.2) is 0 Å². The normalized spacial score (nSPS) is 15.0. The highest BCUT2D eigenvalue weighted by Gasteiger charge is 2.34. The summed E-state index contributed by atoms with van der Waals surface area (Å²) in [7, 11) is 0. The molecule has 0 spiro atoms. The van der Waals surface area contributed by atoms with Crippen LogP contribution in [-0.2, 0) is 9.59 Å². The van der Waals surface area contributed by atoms with Gasteiger partial charge in [-0.2, -0.15) is 0 Å². The third-order valence-electron chi connectivity index (χ3n) is 10.3. The van der Waals surface area contributed by atoms with Gasteiger partial charge in [0.2, 0.25) is 11.8 Å². The van der Waals surface area contributed by atoms with E-state index in [0.717, 1.165) is 116 Å². The number of carbonyl (C=O) groups excluding carboxylic acids is 2. The molecular weight excluding hydrogens is 572 g/mol. The number of primary amides is 2. The second-order valence-electron chi connectivity index (χ2n) is 14.6. The van der Waals surface area contributed by atoms with Crippen molar-refractivity contribution in [3.8, 4) is 0 Å². The lowest BCUT2D eigenvalue weighted by Crippen LogP contribution is -2.39. The van der Waals surface area contributed by atoms with E-state index in [4.69, 9.17) is 11.5 Å². The van der Waals surface area contributed by atoms with E-state index >= 15 is 0 Å². The molecule has 0 aliphatic heterocycles. The Bertz CT molecular complexity index is 634. The van der Waals surface area contributed by atoms with Crippen LogP contribution in [0, 0.1) is 17.8 Å². The number of rotatable bonds is 36. The molecular formula is C40H80N2O4. The number of aliphatic hydroxyl groups is 2. The van der Waals surface area contributed by atoms with Gasteiger partial charge in [0.05, 0.1) is 12.2 Å². The number of nitrogens with two attached hydrogens (primary N) is 2. The Kier molecular flexibility index (Phi) is 31.6. The van der Waals surface area contributed by atoms with Gasteiger partial charge < -0.3 is 21.7 Å². The molecule has 0 heterocycles. The molecule has 0 aromatic carbocycles. The molecule has 6 nitrogen and oxygen atoms in total. The first-order valence-corrected chi connectivity index (χ1v) is 20.2. The minimum atomic E-state index is -0.279. The SMILES string of the molecule is CCCCCCC(O)CCCCCCCCCC(C(N)=O)C(CCC)C(CCCCCCCCCC(O)CCCCCC)C(N)=O. The lowest BCUT2D eigenvalue weighted by atomic mass is 9.73. The Morgan fingerprint density at radius 2 is 0.652 bits per heavy atom. The van der Waals surface area contributed by atoms with Crippen molar-refractivity contribution in [3.05, 3.63) is 0 Å². The largest absolute Gasteiger partial charge is 0.393 e. The zero-order chi connectivity index (χ0) is 34.3. The van der Waals surface area contributed by atoms with Crippen molar-refractivity contribution in [2.75, 3.05) is 0 Å². The zero-order valence-corrected chi connectivity index (χ0v) is 31.0. The fourth-order valence-corrected chi connectivity index (χ4v) is 7.31. The Balaban J connectivity index is 4.29. The van der Waals surface area contributed by atoms with E-state index in [-0.39, 0.29) is 41.8 Å². The smallest absolute Gasteiger partial charge is 0.220 e. The molecule has 0 radical (unpaired) electrons. The summed E-state index contributed by atoms with van der Waals surface area (Å²) in [5, 5.41) is 20.3. The first-order chi connectivity index (χ1) is 22.3. The number of carbonyl (C=O) groups is 2. The molecule has 274 valence electrons. The molecule has 46 heavy (non-hydrogen) atoms. The summed E-state index contributed by atoms with van der Waals surface area (Å²) in [6, 6.07) is 0. The summed E-state index contributed by atoms with van der Waals surface area (Å²) in [5.41, 5.74) is 11.9. The quantitative estimate of drug-likeness (QED) is 0.0502. The highest BCUT2D eigenvalue weighted by molar-refractivity contribution is 5.80. The van der Waals surface area contributed by atoms with Crippen molar-refractivity contribution in [1.29, 1.82) is 0 Å². The molecule has 0 fully saturated rings. The minimum Gasteiger partial charge on any atom is -0.393 e. The predicted molar refractivity (Wildman–Crippen MR) is 196 cm³/mol. The van der Waals surface area contributed by atoms with E-state index < -0.39 is 0 Å². The van der Waals surface area contributed by atoms with Crippen LogP contribution in [0.1, 0.15) is 213 Å². The number of unbranched alkanes of at least 4 members (excludes halogenated alkanes) is 18. The highest BCUT2D eigenvalue weighted by Crippen LogP contribution is 2.33. The summed E-state index contributed by atoms with van der Waals surface area (Å²) in [4.78, 5) is 25.2. The van der Waals surface area contributed by atoms with Crippen molar-refractivity contribution < 1.29 is 19.8 Å². The van der Waals surface area contributed by atoms with E-state index in [1.54, 1.807) is 0 Å². The van der Waals surface area contributed by atoms with Crippen LogP contribution in [0.4, 0.5) is 0 Å². The Morgan fingerprint density at radius 3 is 0.913 bits per heavy atom. The van der Waals surface area contributed by atoms with Crippen LogP contribution < -0.4 is 11.5 Å². The second kappa shape index (κ2) is 32.4. The molecule has 0 bridgehead atoms. The Labute approximate surface area is 286 Å². The number of amides is 2. The molecule has 0 aliphatic carbocycles. The van der Waals surface area contributed by atoms with Gasteiger partial charge in [-0.05, 0) is 50.9 Å². The monoisotopic (exact) mass is 653 g/mol. The molecule has 0 saturated heterocycles. The fourth-order valence-electron chi connectivity index (χ4n) is 7.31. The molecule has 0 rings (SSSR count). The third-order valence-corrected chi connectivity index (χ3v) is 10.3. The van der Waals surface area contributed by atoms with Gasteiger partial charge >= 0.3 is 0 Å². The summed E-state index contributed by atoms with van der Waals surface area (Å²) >= 11 is 0. The van der Waals surface area contributed by atoms with Crippen molar-refractivity contribution in [2.45, 2.75) is 226 Å². The lowest BCUT2D eigenvalue weighted by Gasteiger charge is -2.30. The van der Waals surface area contributed by atoms with E-state index in [1.165, 1.54) is 77.0 Å². The maximum absolute atomic E-state index is 12.6. The average molecular weight is 653 g/mol. The summed E-state index contributed by atoms with van der Waals surface area (Å²) in [6.07, 6.45) is 32.3. The first kappa shape index (κ1) is 44.9. The number of aliphatic hydroxyl groups excluding tert-OH is 2. The van der Waals surface area contributed by atoms with Gasteiger partial charge in [-0.3, -0.25) is 9.59 Å². The molecule has 2 amide bonds. The van der Waals surface area contributed by atoms with Gasteiger partial charge in [0.1, 0.15) is 0 Å². The van der Waals surface area contributed by atoms with Crippen LogP contribution in [0.3, 0.4) is 0 Å². The molecule has 0 aliphatic rings. The maximum atomic E-state index is 12.6. The first-order valence-electron chi connectivity index (χ1n) is 20.2. The van der Waals surface area contributed by atoms with Crippen LogP contribution in [0.25, 0.3) is 0 Å². The van der Waals surface area contributed by atoms with Gasteiger partial charge in [-0.1, -0.05) is 168 Å². The van der Waals surface area contributed by atoms with Crippen molar-refractivity contribution in [3.63, 3.8) is 0 Å². The van der Waals surface area contributed by atoms with Crippen LogP contribution >= 0.6 is 0 Å². The molecule has 0 saturated carbocycles. The van der Waals surface area contributed by atoms with Gasteiger partial charge in [0.25, 0.3) is 0 Å². The molecule has 4 atom stereocenters. The molecule has 0 aromatic heterocycles. The fraction of sp³-hybridized carbons (Fsp3) is 0.950. The number of hydrogen-bond acceptors (Lipinski definition) is 4. The lowest BCUT2D eigenvalue weighted by molar-refractivity contribution is -0.129.